The molecule has 0 spiro atoms. The molecule has 0 fully saturated rings. The molecule has 0 aromatic rings. The quantitative estimate of drug-likeness (QED) is 0.472. The van der Waals surface area contributed by atoms with Crippen LogP contribution in [0.2, 0.25) is 0 Å². The van der Waals surface area contributed by atoms with Gasteiger partial charge in [0, 0.05) is 6.54 Å². The topological polar surface area (TPSA) is 21.3 Å². The minimum atomic E-state index is 0.366. The van der Waals surface area contributed by atoms with E-state index < -0.39 is 0 Å². The van der Waals surface area contributed by atoms with Crippen LogP contribution in [0.1, 0.15) is 47.0 Å². The van der Waals surface area contributed by atoms with Crippen LogP contribution >= 0.6 is 0 Å². The van der Waals surface area contributed by atoms with Crippen molar-refractivity contribution in [2.75, 3.05) is 13.2 Å². The lowest BCUT2D eigenvalue weighted by Crippen LogP contribution is -2.29. The Kier molecular flexibility index (Phi) is 6.39. The summed E-state index contributed by atoms with van der Waals surface area (Å²) in [6.07, 6.45) is 3.85. The van der Waals surface area contributed by atoms with Gasteiger partial charge < -0.3 is 4.84 Å². The lowest BCUT2D eigenvalue weighted by atomic mass is 9.87. The lowest BCUT2D eigenvalue weighted by Gasteiger charge is -2.24. The summed E-state index contributed by atoms with van der Waals surface area (Å²) in [5, 5.41) is 0. The first kappa shape index (κ1) is 11.9. The second-order valence-electron chi connectivity index (χ2n) is 4.02. The zero-order valence-electron chi connectivity index (χ0n) is 8.94. The molecule has 0 aromatic heterocycles. The molecule has 0 saturated heterocycles. The summed E-state index contributed by atoms with van der Waals surface area (Å²) in [6, 6.07) is 0. The number of hydrogen-bond donors (Lipinski definition) is 1. The highest BCUT2D eigenvalue weighted by Crippen LogP contribution is 2.21. The van der Waals surface area contributed by atoms with Crippen LogP contribution in [0.15, 0.2) is 0 Å². The average molecular weight is 173 g/mol. The van der Waals surface area contributed by atoms with Crippen LogP contribution in [0.25, 0.3) is 0 Å². The largest absolute Gasteiger partial charge is 0.302 e. The van der Waals surface area contributed by atoms with E-state index in [4.69, 9.17) is 4.84 Å². The molecule has 2 nitrogen and oxygen atoms in total. The SMILES string of the molecule is CCCCC(C)(C)CNOCC. The van der Waals surface area contributed by atoms with Gasteiger partial charge in [-0.05, 0) is 18.8 Å². The van der Waals surface area contributed by atoms with E-state index in [-0.39, 0.29) is 0 Å². The minimum absolute atomic E-state index is 0.366. The monoisotopic (exact) mass is 173 g/mol. The molecular formula is C10H23NO. The van der Waals surface area contributed by atoms with Gasteiger partial charge in [0.1, 0.15) is 0 Å². The van der Waals surface area contributed by atoms with Crippen molar-refractivity contribution in [1.82, 2.24) is 5.48 Å². The number of nitrogens with one attached hydrogen (secondary N) is 1. The van der Waals surface area contributed by atoms with Crippen molar-refractivity contribution in [3.63, 3.8) is 0 Å². The van der Waals surface area contributed by atoms with Gasteiger partial charge in [-0.2, -0.15) is 0 Å². The molecule has 1 N–H and O–H groups in total. The predicted octanol–water partition coefficient (Wildman–Crippen LogP) is 2.74. The molecule has 0 bridgehead atoms. The molecule has 74 valence electrons. The number of hydroxylamine groups is 1. The maximum absolute atomic E-state index is 5.10. The van der Waals surface area contributed by atoms with E-state index in [1.54, 1.807) is 0 Å². The second-order valence-corrected chi connectivity index (χ2v) is 4.02. The molecule has 0 rings (SSSR count). The molecular weight excluding hydrogens is 150 g/mol. The molecule has 0 amide bonds. The Labute approximate surface area is 76.6 Å². The third kappa shape index (κ3) is 6.62. The van der Waals surface area contributed by atoms with Crippen molar-refractivity contribution in [2.45, 2.75) is 47.0 Å². The van der Waals surface area contributed by atoms with E-state index in [2.05, 4.69) is 26.3 Å². The average Bonchev–Trinajstić information content (AvgIpc) is 2.01. The van der Waals surface area contributed by atoms with Crippen LogP contribution in [0.4, 0.5) is 0 Å². The van der Waals surface area contributed by atoms with Gasteiger partial charge in [-0.1, -0.05) is 33.6 Å². The van der Waals surface area contributed by atoms with Crippen molar-refractivity contribution < 1.29 is 4.84 Å². The fourth-order valence-electron chi connectivity index (χ4n) is 1.09. The van der Waals surface area contributed by atoms with Crippen LogP contribution in [-0.2, 0) is 4.84 Å². The Bertz CT molecular complexity index is 102. The first-order valence-corrected chi connectivity index (χ1v) is 4.97. The Balaban J connectivity index is 3.42. The predicted molar refractivity (Wildman–Crippen MR) is 52.9 cm³/mol. The van der Waals surface area contributed by atoms with Crippen LogP contribution in [0, 0.1) is 5.41 Å². The molecule has 12 heavy (non-hydrogen) atoms. The number of hydrogen-bond acceptors (Lipinski definition) is 2. The smallest absolute Gasteiger partial charge is 0.0653 e. The zero-order chi connectivity index (χ0) is 9.45. The molecule has 0 aliphatic carbocycles. The van der Waals surface area contributed by atoms with E-state index in [9.17, 15) is 0 Å². The van der Waals surface area contributed by atoms with Gasteiger partial charge in [-0.25, -0.2) is 5.48 Å². The molecule has 2 heteroatoms. The maximum Gasteiger partial charge on any atom is 0.0653 e. The minimum Gasteiger partial charge on any atom is -0.302 e. The molecule has 0 saturated carbocycles. The van der Waals surface area contributed by atoms with Crippen LogP contribution in [0.5, 0.6) is 0 Å². The van der Waals surface area contributed by atoms with Crippen molar-refractivity contribution in [3.8, 4) is 0 Å². The third-order valence-corrected chi connectivity index (χ3v) is 2.00. The maximum atomic E-state index is 5.10. The lowest BCUT2D eigenvalue weighted by molar-refractivity contribution is 0.0277. The van der Waals surface area contributed by atoms with E-state index in [1.165, 1.54) is 19.3 Å². The highest BCUT2D eigenvalue weighted by atomic mass is 16.6. The fourth-order valence-corrected chi connectivity index (χ4v) is 1.09. The summed E-state index contributed by atoms with van der Waals surface area (Å²) in [4.78, 5) is 5.10. The molecule has 0 aliphatic rings. The molecule has 0 radical (unpaired) electrons. The fraction of sp³-hybridized carbons (Fsp3) is 1.00. The van der Waals surface area contributed by atoms with Crippen molar-refractivity contribution in [2.24, 2.45) is 5.41 Å². The first-order valence-electron chi connectivity index (χ1n) is 4.97. The van der Waals surface area contributed by atoms with Gasteiger partial charge in [0.2, 0.25) is 0 Å². The Morgan fingerprint density at radius 2 is 1.92 bits per heavy atom. The van der Waals surface area contributed by atoms with Gasteiger partial charge >= 0.3 is 0 Å². The number of unbranched alkanes of at least 4 members (excludes halogenated alkanes) is 1. The van der Waals surface area contributed by atoms with Crippen molar-refractivity contribution in [3.05, 3.63) is 0 Å². The van der Waals surface area contributed by atoms with E-state index in [0.29, 0.717) is 5.41 Å². The summed E-state index contributed by atoms with van der Waals surface area (Å²) in [5.74, 6) is 0. The molecule has 0 heterocycles. The Morgan fingerprint density at radius 1 is 1.25 bits per heavy atom. The van der Waals surface area contributed by atoms with E-state index >= 15 is 0 Å². The first-order chi connectivity index (χ1) is 5.62. The molecule has 0 unspecified atom stereocenters. The van der Waals surface area contributed by atoms with Gasteiger partial charge in [0.15, 0.2) is 0 Å². The Morgan fingerprint density at radius 3 is 2.42 bits per heavy atom. The summed E-state index contributed by atoms with van der Waals surface area (Å²) in [5.41, 5.74) is 3.35. The summed E-state index contributed by atoms with van der Waals surface area (Å²) in [6.45, 7) is 10.5. The van der Waals surface area contributed by atoms with Gasteiger partial charge in [0.05, 0.1) is 6.61 Å². The standard InChI is InChI=1S/C10H23NO/c1-5-7-8-10(3,4)9-11-12-6-2/h11H,5-9H2,1-4H3. The normalized spacial score (nSPS) is 12.0. The van der Waals surface area contributed by atoms with Crippen LogP contribution in [-0.4, -0.2) is 13.2 Å². The van der Waals surface area contributed by atoms with Gasteiger partial charge in [0.25, 0.3) is 0 Å². The van der Waals surface area contributed by atoms with Crippen LogP contribution in [0.3, 0.4) is 0 Å². The second kappa shape index (κ2) is 6.44. The molecule has 0 atom stereocenters. The number of rotatable bonds is 7. The van der Waals surface area contributed by atoms with Gasteiger partial charge in [-0.15, -0.1) is 0 Å². The highest BCUT2D eigenvalue weighted by Gasteiger charge is 2.16. The van der Waals surface area contributed by atoms with E-state index in [1.807, 2.05) is 6.92 Å². The van der Waals surface area contributed by atoms with Crippen molar-refractivity contribution >= 4 is 0 Å². The van der Waals surface area contributed by atoms with Gasteiger partial charge in [-0.3, -0.25) is 0 Å². The summed E-state index contributed by atoms with van der Waals surface area (Å²) >= 11 is 0. The highest BCUT2D eigenvalue weighted by molar-refractivity contribution is 4.68. The van der Waals surface area contributed by atoms with Crippen LogP contribution < -0.4 is 5.48 Å². The molecule has 0 aliphatic heterocycles. The third-order valence-electron chi connectivity index (χ3n) is 2.00. The Hall–Kier alpha value is -0.0800. The zero-order valence-corrected chi connectivity index (χ0v) is 8.94. The van der Waals surface area contributed by atoms with E-state index in [0.717, 1.165) is 13.2 Å². The van der Waals surface area contributed by atoms with Crippen molar-refractivity contribution in [1.29, 1.82) is 0 Å². The summed E-state index contributed by atoms with van der Waals surface area (Å²) in [7, 11) is 0. The summed E-state index contributed by atoms with van der Waals surface area (Å²) < 4.78 is 0. The molecule has 0 aromatic carbocycles.